The largest absolute Gasteiger partial charge is 0.448 e. The first-order valence-electron chi connectivity index (χ1n) is 7.56. The summed E-state index contributed by atoms with van der Waals surface area (Å²) < 4.78 is 4.92. The Labute approximate surface area is 131 Å². The summed E-state index contributed by atoms with van der Waals surface area (Å²) in [5.74, 6) is -0.771. The SMILES string of the molecule is C=CCCCCCC(=NC(=O)OCCCCC=C)C(=O)NO. The van der Waals surface area contributed by atoms with Crippen molar-refractivity contribution < 1.29 is 19.5 Å². The monoisotopic (exact) mass is 310 g/mol. The average molecular weight is 310 g/mol. The van der Waals surface area contributed by atoms with Crippen molar-refractivity contribution >= 4 is 17.7 Å². The molecule has 0 radical (unpaired) electrons. The van der Waals surface area contributed by atoms with Crippen molar-refractivity contribution in [1.82, 2.24) is 5.48 Å². The van der Waals surface area contributed by atoms with Crippen LogP contribution in [0, 0.1) is 0 Å². The zero-order chi connectivity index (χ0) is 16.6. The minimum atomic E-state index is -0.803. The van der Waals surface area contributed by atoms with Gasteiger partial charge in [0.1, 0.15) is 5.71 Å². The molecule has 0 aromatic heterocycles. The first-order chi connectivity index (χ1) is 10.7. The minimum absolute atomic E-state index is 0.0165. The molecular weight excluding hydrogens is 284 g/mol. The fraction of sp³-hybridized carbons (Fsp3) is 0.562. The van der Waals surface area contributed by atoms with Crippen molar-refractivity contribution in [2.45, 2.75) is 51.4 Å². The molecule has 0 aliphatic rings. The predicted molar refractivity (Wildman–Crippen MR) is 86.0 cm³/mol. The molecule has 0 rings (SSSR count). The van der Waals surface area contributed by atoms with Crippen LogP contribution in [0.1, 0.15) is 51.4 Å². The van der Waals surface area contributed by atoms with Crippen LogP contribution in [0.15, 0.2) is 30.3 Å². The lowest BCUT2D eigenvalue weighted by atomic mass is 10.1. The lowest BCUT2D eigenvalue weighted by molar-refractivity contribution is -0.122. The molecule has 0 fully saturated rings. The van der Waals surface area contributed by atoms with Crippen molar-refractivity contribution in [3.05, 3.63) is 25.3 Å². The maximum absolute atomic E-state index is 11.5. The van der Waals surface area contributed by atoms with Gasteiger partial charge in [-0.15, -0.1) is 13.2 Å². The second-order valence-electron chi connectivity index (χ2n) is 4.79. The zero-order valence-electron chi connectivity index (χ0n) is 13.1. The number of carbonyl (C=O) groups excluding carboxylic acids is 2. The van der Waals surface area contributed by atoms with Crippen LogP contribution >= 0.6 is 0 Å². The second-order valence-corrected chi connectivity index (χ2v) is 4.79. The topological polar surface area (TPSA) is 88.0 Å². The third-order valence-electron chi connectivity index (χ3n) is 2.94. The average Bonchev–Trinajstić information content (AvgIpc) is 2.52. The number of nitrogens with one attached hydrogen (secondary N) is 1. The molecule has 0 aromatic carbocycles. The number of nitrogens with zero attached hydrogens (tertiary/aromatic N) is 1. The van der Waals surface area contributed by atoms with Crippen molar-refractivity contribution in [2.24, 2.45) is 4.99 Å². The lowest BCUT2D eigenvalue weighted by Crippen LogP contribution is -2.29. The number of aliphatic imine (C=N–C) groups is 1. The van der Waals surface area contributed by atoms with Crippen LogP contribution in [0.3, 0.4) is 0 Å². The summed E-state index contributed by atoms with van der Waals surface area (Å²) in [5.41, 5.74) is 1.49. The third-order valence-corrected chi connectivity index (χ3v) is 2.94. The molecule has 0 atom stereocenters. The van der Waals surface area contributed by atoms with Gasteiger partial charge in [0.05, 0.1) is 6.61 Å². The van der Waals surface area contributed by atoms with E-state index >= 15 is 0 Å². The van der Waals surface area contributed by atoms with Gasteiger partial charge in [0, 0.05) is 0 Å². The summed E-state index contributed by atoms with van der Waals surface area (Å²) in [7, 11) is 0. The van der Waals surface area contributed by atoms with E-state index in [1.807, 2.05) is 6.08 Å². The standard InChI is InChI=1S/C16H26N2O4/c1-3-5-7-9-10-12-14(15(19)18-21)17-16(20)22-13-11-8-6-4-2/h3-4,21H,1-2,5-13H2,(H,18,19). The van der Waals surface area contributed by atoms with E-state index < -0.39 is 12.0 Å². The zero-order valence-corrected chi connectivity index (χ0v) is 13.1. The van der Waals surface area contributed by atoms with E-state index in [1.165, 1.54) is 5.48 Å². The van der Waals surface area contributed by atoms with E-state index in [0.29, 0.717) is 12.8 Å². The van der Waals surface area contributed by atoms with Gasteiger partial charge < -0.3 is 4.74 Å². The summed E-state index contributed by atoms with van der Waals surface area (Å²) in [6.45, 7) is 7.49. The summed E-state index contributed by atoms with van der Waals surface area (Å²) in [6, 6.07) is 0. The lowest BCUT2D eigenvalue weighted by Gasteiger charge is -2.05. The molecule has 0 bridgehead atoms. The molecule has 0 aromatic rings. The van der Waals surface area contributed by atoms with Crippen molar-refractivity contribution in [3.63, 3.8) is 0 Å². The Hall–Kier alpha value is -1.95. The van der Waals surface area contributed by atoms with Gasteiger partial charge in [0.2, 0.25) is 0 Å². The minimum Gasteiger partial charge on any atom is -0.448 e. The van der Waals surface area contributed by atoms with Gasteiger partial charge in [0.25, 0.3) is 5.91 Å². The number of hydrogen-bond donors (Lipinski definition) is 2. The highest BCUT2D eigenvalue weighted by Gasteiger charge is 2.13. The maximum atomic E-state index is 11.5. The molecule has 124 valence electrons. The fourth-order valence-electron chi connectivity index (χ4n) is 1.74. The van der Waals surface area contributed by atoms with E-state index in [2.05, 4.69) is 18.2 Å². The predicted octanol–water partition coefficient (Wildman–Crippen LogP) is 3.56. The highest BCUT2D eigenvalue weighted by Crippen LogP contribution is 2.06. The van der Waals surface area contributed by atoms with Crippen LogP contribution in [-0.2, 0) is 9.53 Å². The highest BCUT2D eigenvalue weighted by molar-refractivity contribution is 6.39. The Balaban J connectivity index is 4.22. The Kier molecular flexibility index (Phi) is 12.8. The van der Waals surface area contributed by atoms with E-state index in [0.717, 1.165) is 38.5 Å². The van der Waals surface area contributed by atoms with E-state index in [1.54, 1.807) is 6.08 Å². The highest BCUT2D eigenvalue weighted by atomic mass is 16.5. The van der Waals surface area contributed by atoms with E-state index in [9.17, 15) is 9.59 Å². The molecule has 6 nitrogen and oxygen atoms in total. The van der Waals surface area contributed by atoms with Crippen molar-refractivity contribution in [3.8, 4) is 0 Å². The van der Waals surface area contributed by atoms with Crippen LogP contribution in [0.4, 0.5) is 4.79 Å². The molecule has 0 aliphatic heterocycles. The number of amides is 2. The molecule has 6 heteroatoms. The van der Waals surface area contributed by atoms with Gasteiger partial charge in [-0.25, -0.2) is 10.3 Å². The molecule has 0 saturated heterocycles. The molecule has 0 saturated carbocycles. The number of rotatable bonds is 12. The van der Waals surface area contributed by atoms with Crippen molar-refractivity contribution in [1.29, 1.82) is 0 Å². The summed E-state index contributed by atoms with van der Waals surface area (Å²) in [4.78, 5) is 26.6. The Morgan fingerprint density at radius 2 is 1.68 bits per heavy atom. The van der Waals surface area contributed by atoms with Crippen LogP contribution in [0.25, 0.3) is 0 Å². The number of allylic oxidation sites excluding steroid dienone is 2. The molecule has 22 heavy (non-hydrogen) atoms. The second kappa shape index (κ2) is 14.0. The Morgan fingerprint density at radius 1 is 1.05 bits per heavy atom. The van der Waals surface area contributed by atoms with Gasteiger partial charge in [-0.3, -0.25) is 10.0 Å². The van der Waals surface area contributed by atoms with E-state index in [4.69, 9.17) is 9.94 Å². The number of carbonyl (C=O) groups is 2. The van der Waals surface area contributed by atoms with Gasteiger partial charge in [-0.1, -0.05) is 18.6 Å². The molecular formula is C16H26N2O4. The smallest absolute Gasteiger partial charge is 0.434 e. The van der Waals surface area contributed by atoms with Gasteiger partial charge in [0.15, 0.2) is 0 Å². The number of hydroxylamine groups is 1. The molecule has 0 aliphatic carbocycles. The first-order valence-corrected chi connectivity index (χ1v) is 7.56. The fourth-order valence-corrected chi connectivity index (χ4v) is 1.74. The van der Waals surface area contributed by atoms with Crippen LogP contribution in [0.2, 0.25) is 0 Å². The molecule has 0 heterocycles. The molecule has 0 spiro atoms. The molecule has 2 amide bonds. The van der Waals surface area contributed by atoms with Crippen LogP contribution in [0.5, 0.6) is 0 Å². The molecule has 2 N–H and O–H groups in total. The van der Waals surface area contributed by atoms with Gasteiger partial charge in [-0.2, -0.15) is 4.99 Å². The third kappa shape index (κ3) is 10.8. The Bertz CT molecular complexity index is 392. The maximum Gasteiger partial charge on any atom is 0.434 e. The number of hydrogen-bond acceptors (Lipinski definition) is 4. The van der Waals surface area contributed by atoms with Gasteiger partial charge >= 0.3 is 6.09 Å². The van der Waals surface area contributed by atoms with Crippen LogP contribution < -0.4 is 5.48 Å². The normalized spacial score (nSPS) is 10.9. The number of ether oxygens (including phenoxy) is 1. The van der Waals surface area contributed by atoms with Crippen molar-refractivity contribution in [2.75, 3.05) is 6.61 Å². The molecule has 0 unspecified atom stereocenters. The summed E-state index contributed by atoms with van der Waals surface area (Å²) >= 11 is 0. The quantitative estimate of drug-likeness (QED) is 0.190. The van der Waals surface area contributed by atoms with Gasteiger partial charge in [-0.05, 0) is 44.9 Å². The number of unbranched alkanes of at least 4 members (excludes halogenated alkanes) is 5. The van der Waals surface area contributed by atoms with E-state index in [-0.39, 0.29) is 12.3 Å². The Morgan fingerprint density at radius 3 is 2.27 bits per heavy atom. The summed E-state index contributed by atoms with van der Waals surface area (Å²) in [5, 5.41) is 8.68. The van der Waals surface area contributed by atoms with Crippen LogP contribution in [-0.4, -0.2) is 29.5 Å². The first kappa shape index (κ1) is 20.1. The summed E-state index contributed by atoms with van der Waals surface area (Å²) in [6.07, 6.45) is 9.07.